The van der Waals surface area contributed by atoms with E-state index in [0.29, 0.717) is 12.1 Å². The Morgan fingerprint density at radius 2 is 1.59 bits per heavy atom. The van der Waals surface area contributed by atoms with Crippen molar-refractivity contribution in [1.29, 1.82) is 0 Å². The number of carbonyl (C=O) groups excluding carboxylic acids is 2. The molecule has 0 spiro atoms. The number of primary amides is 1. The van der Waals surface area contributed by atoms with Gasteiger partial charge in [0.05, 0.1) is 0 Å². The van der Waals surface area contributed by atoms with Crippen LogP contribution in [0.5, 0.6) is 0 Å². The number of nitrogens with two attached hydrogens (primary N) is 1. The van der Waals surface area contributed by atoms with Gasteiger partial charge in [-0.3, -0.25) is 19.3 Å². The first-order chi connectivity index (χ1) is 15.2. The van der Waals surface area contributed by atoms with Gasteiger partial charge in [0.1, 0.15) is 5.69 Å². The Bertz CT molecular complexity index is 972. The molecule has 2 amide bonds. The van der Waals surface area contributed by atoms with Crippen molar-refractivity contribution in [2.45, 2.75) is 44.0 Å². The molecule has 0 saturated carbocycles. The molecule has 0 bridgehead atoms. The molecule has 0 aliphatic carbocycles. The Morgan fingerprint density at radius 3 is 2.12 bits per heavy atom. The van der Waals surface area contributed by atoms with Crippen LogP contribution in [0.25, 0.3) is 0 Å². The maximum absolute atomic E-state index is 12.0. The monoisotopic (exact) mass is 450 g/mol. The van der Waals surface area contributed by atoms with E-state index in [4.69, 9.17) is 5.73 Å². The minimum absolute atomic E-state index is 0.0436. The maximum atomic E-state index is 12.0. The topological polar surface area (TPSA) is 97.1 Å². The van der Waals surface area contributed by atoms with Gasteiger partial charge in [-0.25, -0.2) is 0 Å². The van der Waals surface area contributed by atoms with Crippen molar-refractivity contribution < 1.29 is 9.59 Å². The maximum Gasteiger partial charge on any atom is 0.267 e. The van der Waals surface area contributed by atoms with Crippen LogP contribution in [0.15, 0.2) is 83.9 Å². The Balaban J connectivity index is 0.000000336. The zero-order valence-corrected chi connectivity index (χ0v) is 19.5. The summed E-state index contributed by atoms with van der Waals surface area (Å²) in [4.78, 5) is 27.2. The molecule has 0 radical (unpaired) electrons. The third kappa shape index (κ3) is 10.2. The van der Waals surface area contributed by atoms with Gasteiger partial charge < -0.3 is 11.1 Å². The summed E-state index contributed by atoms with van der Waals surface area (Å²) in [6, 6.07) is 23.0. The predicted octanol–water partition coefficient (Wildman–Crippen LogP) is 4.83. The Morgan fingerprint density at radius 1 is 0.938 bits per heavy atom. The van der Waals surface area contributed by atoms with Crippen molar-refractivity contribution in [3.8, 4) is 0 Å². The minimum atomic E-state index is -0.490. The zero-order chi connectivity index (χ0) is 23.4. The number of aryl methyl sites for hydroxylation is 1. The van der Waals surface area contributed by atoms with E-state index in [1.54, 1.807) is 30.1 Å². The zero-order valence-electron chi connectivity index (χ0n) is 18.7. The quantitative estimate of drug-likeness (QED) is 0.448. The van der Waals surface area contributed by atoms with Gasteiger partial charge >= 0.3 is 0 Å². The molecule has 0 saturated heterocycles. The lowest BCUT2D eigenvalue weighted by molar-refractivity contribution is -0.116. The van der Waals surface area contributed by atoms with E-state index < -0.39 is 5.91 Å². The van der Waals surface area contributed by atoms with Crippen LogP contribution in [-0.2, 0) is 11.2 Å². The molecule has 0 aliphatic heterocycles. The van der Waals surface area contributed by atoms with E-state index in [1.165, 1.54) is 11.8 Å². The van der Waals surface area contributed by atoms with Gasteiger partial charge in [-0.1, -0.05) is 36.4 Å². The number of nitrogens with zero attached hydrogens (tertiary/aromatic N) is 1. The number of hydrogen-bond acceptors (Lipinski definition) is 5. The molecule has 3 aromatic rings. The summed E-state index contributed by atoms with van der Waals surface area (Å²) < 4.78 is 3.37. The highest BCUT2D eigenvalue weighted by Gasteiger charge is 2.09. The number of nitrogens with one attached hydrogen (secondary N) is 2. The molecule has 3 rings (SSSR count). The summed E-state index contributed by atoms with van der Waals surface area (Å²) in [6.45, 7) is 6.38. The van der Waals surface area contributed by atoms with E-state index in [2.05, 4.69) is 35.8 Å². The van der Waals surface area contributed by atoms with Gasteiger partial charge in [-0.15, -0.1) is 0 Å². The fourth-order valence-corrected chi connectivity index (χ4v) is 3.15. The van der Waals surface area contributed by atoms with Gasteiger partial charge in [-0.05, 0) is 81.1 Å². The normalized spacial score (nSPS) is 10.6. The van der Waals surface area contributed by atoms with Crippen LogP contribution >= 0.6 is 11.9 Å². The second kappa shape index (κ2) is 12.6. The summed E-state index contributed by atoms with van der Waals surface area (Å²) in [5, 5.41) is 2.94. The second-order valence-corrected chi connectivity index (χ2v) is 8.97. The van der Waals surface area contributed by atoms with Crippen molar-refractivity contribution in [2.24, 2.45) is 5.73 Å². The van der Waals surface area contributed by atoms with Gasteiger partial charge in [0.2, 0.25) is 5.91 Å². The first-order valence-corrected chi connectivity index (χ1v) is 11.1. The van der Waals surface area contributed by atoms with Crippen LogP contribution in [-0.4, -0.2) is 22.3 Å². The number of hydrogen-bond donors (Lipinski definition) is 3. The lowest BCUT2D eigenvalue weighted by atomic mass is 10.1. The van der Waals surface area contributed by atoms with Crippen LogP contribution in [0, 0.1) is 0 Å². The van der Waals surface area contributed by atoms with Crippen LogP contribution in [0.1, 0.15) is 43.2 Å². The van der Waals surface area contributed by atoms with Crippen LogP contribution in [0.4, 0.5) is 5.69 Å². The van der Waals surface area contributed by atoms with Crippen LogP contribution in [0.3, 0.4) is 0 Å². The second-order valence-electron chi connectivity index (χ2n) is 8.09. The molecule has 6 nitrogen and oxygen atoms in total. The highest BCUT2D eigenvalue weighted by molar-refractivity contribution is 7.97. The summed E-state index contributed by atoms with van der Waals surface area (Å²) in [7, 11) is 0. The van der Waals surface area contributed by atoms with Crippen molar-refractivity contribution in [2.75, 3.05) is 5.32 Å². The predicted molar refractivity (Wildman–Crippen MR) is 131 cm³/mol. The fraction of sp³-hybridized carbons (Fsp3) is 0.240. The Kier molecular flexibility index (Phi) is 9.91. The standard InChI is InChI=1S/C19H24N2OS.C6H6N2O/c1-19(2,3)21-23-17-12-10-16(11-13-17)20-18(22)14-9-15-7-5-4-6-8-15;7-6(9)5-3-1-2-4-8-5/h4-8,10-13,21H,9,14H2,1-3H3,(H,20,22);1-4H,(H2,7,9). The van der Waals surface area contributed by atoms with Crippen LogP contribution < -0.4 is 15.8 Å². The molecule has 0 unspecified atom stereocenters. The Hall–Kier alpha value is -3.16. The molecule has 4 N–H and O–H groups in total. The largest absolute Gasteiger partial charge is 0.364 e. The number of aromatic nitrogens is 1. The fourth-order valence-electron chi connectivity index (χ4n) is 2.45. The van der Waals surface area contributed by atoms with Gasteiger partial charge in [0.15, 0.2) is 0 Å². The van der Waals surface area contributed by atoms with Gasteiger partial charge in [-0.2, -0.15) is 0 Å². The number of pyridine rings is 1. The summed E-state index contributed by atoms with van der Waals surface area (Å²) in [5.74, 6) is -0.447. The molecule has 168 valence electrons. The molecule has 1 heterocycles. The van der Waals surface area contributed by atoms with Crippen LogP contribution in [0.2, 0.25) is 0 Å². The molecule has 7 heteroatoms. The molecular weight excluding hydrogens is 420 g/mol. The lowest BCUT2D eigenvalue weighted by Crippen LogP contribution is -2.29. The highest BCUT2D eigenvalue weighted by atomic mass is 32.2. The smallest absolute Gasteiger partial charge is 0.267 e. The summed E-state index contributed by atoms with van der Waals surface area (Å²) in [6.07, 6.45) is 2.78. The molecule has 1 aromatic heterocycles. The number of carbonyl (C=O) groups is 2. The third-order valence-corrected chi connectivity index (χ3v) is 5.24. The van der Waals surface area contributed by atoms with Crippen molar-refractivity contribution in [3.63, 3.8) is 0 Å². The van der Waals surface area contributed by atoms with Gasteiger partial charge in [0.25, 0.3) is 5.91 Å². The number of anilines is 1. The van der Waals surface area contributed by atoms with Crippen molar-refractivity contribution >= 4 is 29.4 Å². The molecule has 0 fully saturated rings. The molecule has 2 aromatic carbocycles. The lowest BCUT2D eigenvalue weighted by Gasteiger charge is -2.19. The molecular formula is C25H30N4O2S. The van der Waals surface area contributed by atoms with E-state index >= 15 is 0 Å². The average molecular weight is 451 g/mol. The Labute approximate surface area is 194 Å². The van der Waals surface area contributed by atoms with E-state index in [-0.39, 0.29) is 11.4 Å². The minimum Gasteiger partial charge on any atom is -0.364 e. The summed E-state index contributed by atoms with van der Waals surface area (Å²) >= 11 is 1.60. The SMILES string of the molecule is CC(C)(C)NSc1ccc(NC(=O)CCc2ccccc2)cc1.NC(=O)c1ccccn1. The first-order valence-electron chi connectivity index (χ1n) is 10.3. The van der Waals surface area contributed by atoms with Gasteiger partial charge in [0, 0.05) is 28.7 Å². The van der Waals surface area contributed by atoms with E-state index in [0.717, 1.165) is 17.0 Å². The first kappa shape index (κ1) is 25.1. The number of amides is 2. The van der Waals surface area contributed by atoms with E-state index in [9.17, 15) is 9.59 Å². The average Bonchev–Trinajstić information content (AvgIpc) is 2.78. The van der Waals surface area contributed by atoms with E-state index in [1.807, 2.05) is 54.6 Å². The molecule has 32 heavy (non-hydrogen) atoms. The molecule has 0 aliphatic rings. The van der Waals surface area contributed by atoms with Crippen molar-refractivity contribution in [3.05, 3.63) is 90.3 Å². The van der Waals surface area contributed by atoms with Crippen molar-refractivity contribution in [1.82, 2.24) is 9.71 Å². The number of rotatable bonds is 7. The highest BCUT2D eigenvalue weighted by Crippen LogP contribution is 2.20. The number of benzene rings is 2. The third-order valence-electron chi connectivity index (χ3n) is 4.01. The molecule has 0 atom stereocenters. The summed E-state index contributed by atoms with van der Waals surface area (Å²) in [5.41, 5.74) is 7.30.